The van der Waals surface area contributed by atoms with Crippen LogP contribution in [0.25, 0.3) is 0 Å². The quantitative estimate of drug-likeness (QED) is 0.315. The van der Waals surface area contributed by atoms with Gasteiger partial charge in [0.15, 0.2) is 8.32 Å². The van der Waals surface area contributed by atoms with E-state index in [1.54, 1.807) is 13.8 Å². The normalized spacial score (nSPS) is 15.0. The molecule has 0 spiro atoms. The third-order valence-electron chi connectivity index (χ3n) is 3.95. The molecule has 0 saturated heterocycles. The Kier molecular flexibility index (Phi) is 7.69. The molecule has 1 nitrogen and oxygen atoms in total. The second kappa shape index (κ2) is 7.84. The third kappa shape index (κ3) is 4.58. The van der Waals surface area contributed by atoms with Gasteiger partial charge in [0.2, 0.25) is 0 Å². The predicted octanol–water partition coefficient (Wildman–Crippen LogP) is 6.26. The van der Waals surface area contributed by atoms with Crippen molar-refractivity contribution in [3.05, 3.63) is 0 Å². The van der Waals surface area contributed by atoms with Crippen molar-refractivity contribution >= 4 is 8.32 Å². The van der Waals surface area contributed by atoms with E-state index < -0.39 is 44.7 Å². The van der Waals surface area contributed by atoms with E-state index in [0.29, 0.717) is 24.9 Å². The summed E-state index contributed by atoms with van der Waals surface area (Å²) in [6.07, 6.45) is -7.56. The number of rotatable bonds is 10. The van der Waals surface area contributed by atoms with Gasteiger partial charge in [-0.05, 0) is 18.1 Å². The Balaban J connectivity index is 5.45. The van der Waals surface area contributed by atoms with Crippen molar-refractivity contribution in [2.75, 3.05) is 7.11 Å². The molecule has 24 heavy (non-hydrogen) atoms. The lowest BCUT2D eigenvalue weighted by atomic mass is 10.0. The topological polar surface area (TPSA) is 9.23 Å². The van der Waals surface area contributed by atoms with Crippen LogP contribution in [-0.4, -0.2) is 39.4 Å². The second-order valence-electron chi connectivity index (χ2n) is 5.74. The van der Waals surface area contributed by atoms with Gasteiger partial charge in [0.25, 0.3) is 0 Å². The summed E-state index contributed by atoms with van der Waals surface area (Å²) in [5.41, 5.74) is 0. The molecule has 0 aromatic carbocycles. The highest BCUT2D eigenvalue weighted by atomic mass is 28.4. The van der Waals surface area contributed by atoms with Gasteiger partial charge in [0.05, 0.1) is 0 Å². The third-order valence-corrected chi connectivity index (χ3v) is 8.80. The van der Waals surface area contributed by atoms with E-state index in [4.69, 9.17) is 4.43 Å². The fourth-order valence-electron chi connectivity index (χ4n) is 2.54. The first kappa shape index (κ1) is 23.5. The van der Waals surface area contributed by atoms with Crippen LogP contribution in [0.3, 0.4) is 0 Å². The summed E-state index contributed by atoms with van der Waals surface area (Å²) in [5, 5.41) is 0. The van der Waals surface area contributed by atoms with Crippen LogP contribution >= 0.6 is 0 Å². The van der Waals surface area contributed by atoms with Crippen LogP contribution in [-0.2, 0) is 4.43 Å². The molecule has 0 rings (SSSR count). The van der Waals surface area contributed by atoms with Gasteiger partial charge >= 0.3 is 23.9 Å². The number of alkyl halides is 9. The zero-order valence-electron chi connectivity index (χ0n) is 13.6. The first-order valence-corrected chi connectivity index (χ1v) is 9.92. The molecule has 146 valence electrons. The molecular weight excluding hydrogens is 371 g/mol. The highest BCUT2D eigenvalue weighted by Gasteiger charge is 2.81. The second-order valence-corrected chi connectivity index (χ2v) is 10.0. The van der Waals surface area contributed by atoms with Crippen molar-refractivity contribution in [1.82, 2.24) is 0 Å². The Morgan fingerprint density at radius 3 is 1.42 bits per heavy atom. The first-order valence-electron chi connectivity index (χ1n) is 7.39. The van der Waals surface area contributed by atoms with Gasteiger partial charge in [-0.1, -0.05) is 26.7 Å². The Morgan fingerprint density at radius 2 is 1.12 bits per heavy atom. The smallest absolute Gasteiger partial charge is 0.420 e. The van der Waals surface area contributed by atoms with Gasteiger partial charge in [-0.15, -0.1) is 0 Å². The standard InChI is InChI=1S/C13H21F9OSi/c1-4-7-24(23-3,8-5-2)9-6-10(14,15)11(16,17)12(18,19)13(20,21)22/h4-9H2,1-3H3. The minimum atomic E-state index is -6.82. The van der Waals surface area contributed by atoms with E-state index in [1.807, 2.05) is 0 Å². The minimum Gasteiger partial charge on any atom is -0.420 e. The average molecular weight is 392 g/mol. The lowest BCUT2D eigenvalue weighted by Gasteiger charge is -2.36. The molecule has 0 aliphatic rings. The fraction of sp³-hybridized carbons (Fsp3) is 1.00. The molecule has 0 fully saturated rings. The summed E-state index contributed by atoms with van der Waals surface area (Å²) in [4.78, 5) is 0. The summed E-state index contributed by atoms with van der Waals surface area (Å²) < 4.78 is 121. The molecule has 0 aliphatic heterocycles. The first-order chi connectivity index (χ1) is 10.6. The molecule has 0 unspecified atom stereocenters. The Labute approximate surface area is 135 Å². The SMILES string of the molecule is CCC[Si](CCC)(CCC(F)(F)C(F)(F)C(F)(F)C(F)(F)F)OC. The van der Waals surface area contributed by atoms with E-state index in [1.165, 1.54) is 7.11 Å². The van der Waals surface area contributed by atoms with Gasteiger partial charge in [-0.3, -0.25) is 0 Å². The maximum absolute atomic E-state index is 13.6. The summed E-state index contributed by atoms with van der Waals surface area (Å²) in [7, 11) is -1.68. The summed E-state index contributed by atoms with van der Waals surface area (Å²) in [5.74, 6) is -18.9. The molecule has 0 heterocycles. The molecule has 0 bridgehead atoms. The summed E-state index contributed by atoms with van der Waals surface area (Å²) >= 11 is 0. The van der Waals surface area contributed by atoms with Crippen molar-refractivity contribution in [2.24, 2.45) is 0 Å². The molecule has 0 atom stereocenters. The Bertz CT molecular complexity index is 389. The van der Waals surface area contributed by atoms with E-state index >= 15 is 0 Å². The molecular formula is C13H21F9OSi. The van der Waals surface area contributed by atoms with E-state index in [0.717, 1.165) is 0 Å². The fourth-order valence-corrected chi connectivity index (χ4v) is 6.50. The minimum absolute atomic E-state index is 0.328. The van der Waals surface area contributed by atoms with Crippen molar-refractivity contribution < 1.29 is 43.9 Å². The molecule has 0 aromatic heterocycles. The Hall–Kier alpha value is -0.453. The van der Waals surface area contributed by atoms with Crippen LogP contribution in [0.1, 0.15) is 33.1 Å². The molecule has 0 amide bonds. The maximum atomic E-state index is 13.6. The molecule has 0 aromatic rings. The maximum Gasteiger partial charge on any atom is 0.460 e. The van der Waals surface area contributed by atoms with Gasteiger partial charge < -0.3 is 4.43 Å². The van der Waals surface area contributed by atoms with Crippen molar-refractivity contribution in [3.8, 4) is 0 Å². The Morgan fingerprint density at radius 1 is 0.708 bits per heavy atom. The molecule has 0 radical (unpaired) electrons. The van der Waals surface area contributed by atoms with E-state index in [2.05, 4.69) is 0 Å². The highest BCUT2D eigenvalue weighted by Crippen LogP contribution is 2.54. The largest absolute Gasteiger partial charge is 0.460 e. The van der Waals surface area contributed by atoms with Gasteiger partial charge in [0, 0.05) is 13.5 Å². The van der Waals surface area contributed by atoms with Gasteiger partial charge in [-0.2, -0.15) is 39.5 Å². The summed E-state index contributed by atoms with van der Waals surface area (Å²) in [6.45, 7) is 3.42. The number of hydrogen-bond acceptors (Lipinski definition) is 1. The lowest BCUT2D eigenvalue weighted by Crippen LogP contribution is -2.61. The highest BCUT2D eigenvalue weighted by molar-refractivity contribution is 6.73. The number of hydrogen-bond donors (Lipinski definition) is 0. The van der Waals surface area contributed by atoms with Crippen LogP contribution < -0.4 is 0 Å². The lowest BCUT2D eigenvalue weighted by molar-refractivity contribution is -0.396. The van der Waals surface area contributed by atoms with Crippen LogP contribution in [0, 0.1) is 0 Å². The summed E-state index contributed by atoms with van der Waals surface area (Å²) in [6, 6.07) is 0.0328. The molecule has 0 aliphatic carbocycles. The monoisotopic (exact) mass is 392 g/mol. The van der Waals surface area contributed by atoms with Crippen LogP contribution in [0.5, 0.6) is 0 Å². The molecule has 11 heteroatoms. The zero-order chi connectivity index (χ0) is 19.4. The molecule has 0 saturated carbocycles. The predicted molar refractivity (Wildman–Crippen MR) is 73.3 cm³/mol. The van der Waals surface area contributed by atoms with Crippen LogP contribution in [0.2, 0.25) is 18.1 Å². The van der Waals surface area contributed by atoms with Crippen LogP contribution in [0.4, 0.5) is 39.5 Å². The van der Waals surface area contributed by atoms with Gasteiger partial charge in [-0.25, -0.2) is 0 Å². The van der Waals surface area contributed by atoms with Crippen molar-refractivity contribution in [2.45, 2.75) is 75.2 Å². The number of halogens is 9. The van der Waals surface area contributed by atoms with Crippen molar-refractivity contribution in [3.63, 3.8) is 0 Å². The van der Waals surface area contributed by atoms with E-state index in [9.17, 15) is 39.5 Å². The van der Waals surface area contributed by atoms with Crippen LogP contribution in [0.15, 0.2) is 0 Å². The molecule has 0 N–H and O–H groups in total. The average Bonchev–Trinajstić information content (AvgIpc) is 2.43. The van der Waals surface area contributed by atoms with E-state index in [-0.39, 0.29) is 0 Å². The van der Waals surface area contributed by atoms with Crippen molar-refractivity contribution in [1.29, 1.82) is 0 Å². The zero-order valence-corrected chi connectivity index (χ0v) is 14.6. The van der Waals surface area contributed by atoms with Gasteiger partial charge in [0.1, 0.15) is 0 Å².